The van der Waals surface area contributed by atoms with Gasteiger partial charge in [0, 0.05) is 11.1 Å². The number of hydrogen-bond acceptors (Lipinski definition) is 4. The number of benzene rings is 2. The van der Waals surface area contributed by atoms with Crippen LogP contribution in [0.2, 0.25) is 0 Å². The Morgan fingerprint density at radius 1 is 0.615 bits per heavy atom. The second-order valence-corrected chi connectivity index (χ2v) is 5.34. The van der Waals surface area contributed by atoms with Gasteiger partial charge < -0.3 is 19.7 Å². The van der Waals surface area contributed by atoms with Crippen LogP contribution in [0, 0.1) is 0 Å². The molecule has 0 spiro atoms. The van der Waals surface area contributed by atoms with Crippen molar-refractivity contribution in [3.63, 3.8) is 0 Å². The lowest BCUT2D eigenvalue weighted by Gasteiger charge is -2.27. The monoisotopic (exact) mass is 374 g/mol. The number of rotatable bonds is 9. The lowest BCUT2D eigenvalue weighted by molar-refractivity contribution is -0.223. The summed E-state index contributed by atoms with van der Waals surface area (Å²) in [6.45, 7) is -0.574. The maximum Gasteiger partial charge on any atom is 0.339 e. The van der Waals surface area contributed by atoms with Gasteiger partial charge in [0.25, 0.3) is 0 Å². The molecule has 142 valence electrons. The summed E-state index contributed by atoms with van der Waals surface area (Å²) in [6.07, 6.45) is 0. The Balaban J connectivity index is 2.22. The highest BCUT2D eigenvalue weighted by molar-refractivity contribution is 5.36. The zero-order chi connectivity index (χ0) is 19.2. The smallest absolute Gasteiger partial charge is 0.339 e. The summed E-state index contributed by atoms with van der Waals surface area (Å²) < 4.78 is 67.7. The number of alkyl halides is 4. The van der Waals surface area contributed by atoms with Gasteiger partial charge in [-0.25, -0.2) is 0 Å². The van der Waals surface area contributed by atoms with Crippen LogP contribution >= 0.6 is 0 Å². The van der Waals surface area contributed by atoms with E-state index >= 15 is 0 Å². The minimum absolute atomic E-state index is 0.0312. The Bertz CT molecular complexity index is 626. The van der Waals surface area contributed by atoms with Crippen molar-refractivity contribution in [3.8, 4) is 11.5 Å². The van der Waals surface area contributed by atoms with Gasteiger partial charge in [0.05, 0.1) is 13.2 Å². The molecule has 0 bridgehead atoms. The highest BCUT2D eigenvalue weighted by atomic mass is 19.3. The third-order valence-corrected chi connectivity index (χ3v) is 3.55. The summed E-state index contributed by atoms with van der Waals surface area (Å²) in [5, 5.41) is 17.3. The average Bonchev–Trinajstić information content (AvgIpc) is 2.65. The van der Waals surface area contributed by atoms with E-state index in [0.29, 0.717) is 0 Å². The molecule has 2 N–H and O–H groups in total. The van der Waals surface area contributed by atoms with Gasteiger partial charge in [-0.05, 0) is 48.5 Å². The molecule has 0 radical (unpaired) electrons. The first kappa shape index (κ1) is 20.0. The first-order valence-corrected chi connectivity index (χ1v) is 7.77. The van der Waals surface area contributed by atoms with E-state index in [0.717, 1.165) is 48.5 Å². The van der Waals surface area contributed by atoms with Crippen molar-refractivity contribution in [2.75, 3.05) is 26.4 Å². The Kier molecular flexibility index (Phi) is 6.44. The zero-order valence-electron chi connectivity index (χ0n) is 13.7. The normalized spacial score (nSPS) is 12.1. The number of hydrogen-bond donors (Lipinski definition) is 2. The fourth-order valence-corrected chi connectivity index (χ4v) is 2.21. The van der Waals surface area contributed by atoms with E-state index < -0.39 is 23.0 Å². The van der Waals surface area contributed by atoms with E-state index in [2.05, 4.69) is 0 Å². The fraction of sp³-hybridized carbons (Fsp3) is 0.333. The minimum Gasteiger partial charge on any atom is -0.491 e. The molecule has 0 aromatic heterocycles. The summed E-state index contributed by atoms with van der Waals surface area (Å²) in [7, 11) is 0. The van der Waals surface area contributed by atoms with Gasteiger partial charge in [-0.1, -0.05) is 0 Å². The molecule has 0 amide bonds. The molecule has 0 heterocycles. The first-order valence-electron chi connectivity index (χ1n) is 7.77. The van der Waals surface area contributed by atoms with Gasteiger partial charge >= 0.3 is 11.8 Å². The molecule has 2 aromatic carbocycles. The average molecular weight is 374 g/mol. The quantitative estimate of drug-likeness (QED) is 0.662. The van der Waals surface area contributed by atoms with Gasteiger partial charge in [-0.15, -0.1) is 0 Å². The topological polar surface area (TPSA) is 58.9 Å². The summed E-state index contributed by atoms with van der Waals surface area (Å²) >= 11 is 0. The third kappa shape index (κ3) is 4.25. The molecule has 4 nitrogen and oxygen atoms in total. The van der Waals surface area contributed by atoms with Crippen molar-refractivity contribution in [2.24, 2.45) is 0 Å². The standard InChI is InChI=1S/C18H18F4O4/c19-17(20,13-1-5-15(6-2-13)25-11-9-23)18(21,22)14-3-7-16(8-4-14)26-12-10-24/h1-8,23-24H,9-12H2. The molecule has 0 aliphatic heterocycles. The Morgan fingerprint density at radius 3 is 1.19 bits per heavy atom. The second-order valence-electron chi connectivity index (χ2n) is 5.34. The van der Waals surface area contributed by atoms with Crippen molar-refractivity contribution in [3.05, 3.63) is 59.7 Å². The SMILES string of the molecule is OCCOc1ccc(C(F)(F)C(F)(F)c2ccc(OCCO)cc2)cc1. The fourth-order valence-electron chi connectivity index (χ4n) is 2.21. The van der Waals surface area contributed by atoms with Crippen molar-refractivity contribution in [1.82, 2.24) is 0 Å². The van der Waals surface area contributed by atoms with Crippen LogP contribution < -0.4 is 9.47 Å². The zero-order valence-corrected chi connectivity index (χ0v) is 13.7. The van der Waals surface area contributed by atoms with E-state index in [9.17, 15) is 17.6 Å². The van der Waals surface area contributed by atoms with E-state index in [1.807, 2.05) is 0 Å². The van der Waals surface area contributed by atoms with Crippen molar-refractivity contribution < 1.29 is 37.2 Å². The van der Waals surface area contributed by atoms with Crippen LogP contribution in [0.5, 0.6) is 11.5 Å². The van der Waals surface area contributed by atoms with Gasteiger partial charge in [0.2, 0.25) is 0 Å². The van der Waals surface area contributed by atoms with Crippen LogP contribution in [0.4, 0.5) is 17.6 Å². The molecule has 0 aliphatic rings. The van der Waals surface area contributed by atoms with Crippen molar-refractivity contribution in [2.45, 2.75) is 11.8 Å². The summed E-state index contributed by atoms with van der Waals surface area (Å²) in [6, 6.07) is 8.00. The molecule has 2 rings (SSSR count). The Labute approximate surface area is 147 Å². The van der Waals surface area contributed by atoms with Crippen LogP contribution in [0.1, 0.15) is 11.1 Å². The Hall–Kier alpha value is -2.32. The molecular formula is C18H18F4O4. The van der Waals surface area contributed by atoms with Gasteiger partial charge in [0.1, 0.15) is 24.7 Å². The van der Waals surface area contributed by atoms with Crippen LogP contribution in [-0.2, 0) is 11.8 Å². The summed E-state index contributed by atoms with van der Waals surface area (Å²) in [5.41, 5.74) is -1.72. The molecule has 26 heavy (non-hydrogen) atoms. The van der Waals surface area contributed by atoms with Gasteiger partial charge in [0.15, 0.2) is 0 Å². The summed E-state index contributed by atoms with van der Waals surface area (Å²) in [4.78, 5) is 0. The number of aliphatic hydroxyl groups excluding tert-OH is 2. The molecule has 0 fully saturated rings. The molecule has 8 heteroatoms. The highest BCUT2D eigenvalue weighted by Crippen LogP contribution is 2.49. The summed E-state index contributed by atoms with van der Waals surface area (Å²) in [5.74, 6) is -8.52. The van der Waals surface area contributed by atoms with Crippen LogP contribution in [-0.4, -0.2) is 36.6 Å². The highest BCUT2D eigenvalue weighted by Gasteiger charge is 2.58. The molecule has 0 atom stereocenters. The predicted molar refractivity (Wildman–Crippen MR) is 85.8 cm³/mol. The van der Waals surface area contributed by atoms with E-state index in [4.69, 9.17) is 19.7 Å². The number of halogens is 4. The lowest BCUT2D eigenvalue weighted by Crippen LogP contribution is -2.35. The molecular weight excluding hydrogens is 356 g/mol. The van der Waals surface area contributed by atoms with Gasteiger partial charge in [-0.2, -0.15) is 17.6 Å². The third-order valence-electron chi connectivity index (χ3n) is 3.55. The minimum atomic E-state index is -4.45. The number of aliphatic hydroxyl groups is 2. The van der Waals surface area contributed by atoms with Crippen molar-refractivity contribution >= 4 is 0 Å². The maximum absolute atomic E-state index is 14.4. The molecule has 2 aromatic rings. The molecule has 0 saturated heterocycles. The molecule has 0 aliphatic carbocycles. The predicted octanol–water partition coefficient (Wildman–Crippen LogP) is 3.31. The second kappa shape index (κ2) is 8.37. The van der Waals surface area contributed by atoms with Crippen LogP contribution in [0.25, 0.3) is 0 Å². The lowest BCUT2D eigenvalue weighted by atomic mass is 9.96. The Morgan fingerprint density at radius 2 is 0.923 bits per heavy atom. The van der Waals surface area contributed by atoms with Crippen LogP contribution in [0.15, 0.2) is 48.5 Å². The van der Waals surface area contributed by atoms with Crippen LogP contribution in [0.3, 0.4) is 0 Å². The molecule has 0 unspecified atom stereocenters. The number of ether oxygens (including phenoxy) is 2. The van der Waals surface area contributed by atoms with Crippen molar-refractivity contribution in [1.29, 1.82) is 0 Å². The van der Waals surface area contributed by atoms with E-state index in [-0.39, 0.29) is 37.9 Å². The largest absolute Gasteiger partial charge is 0.491 e. The molecule has 0 saturated carbocycles. The van der Waals surface area contributed by atoms with Gasteiger partial charge in [-0.3, -0.25) is 0 Å². The van der Waals surface area contributed by atoms with E-state index in [1.54, 1.807) is 0 Å². The van der Waals surface area contributed by atoms with E-state index in [1.165, 1.54) is 0 Å². The maximum atomic E-state index is 14.4. The first-order chi connectivity index (χ1) is 12.3.